The summed E-state index contributed by atoms with van der Waals surface area (Å²) < 4.78 is 34.4. The molecule has 4 rings (SSSR count). The second kappa shape index (κ2) is 10.1. The summed E-state index contributed by atoms with van der Waals surface area (Å²) in [6.45, 7) is 2.49. The third-order valence-corrected chi connectivity index (χ3v) is 5.75. The SMILES string of the molecule is CN(CCN(C)c1ccc(F)cc1F)CCn1ccc2c(-c3ccoc3C(=O)NN)nc(N)nc21. The molecule has 0 radical (unpaired) electrons. The van der Waals surface area contributed by atoms with Gasteiger partial charge in [0, 0.05) is 50.9 Å². The summed E-state index contributed by atoms with van der Waals surface area (Å²) in [4.78, 5) is 24.6. The number of furan rings is 1. The van der Waals surface area contributed by atoms with E-state index >= 15 is 0 Å². The van der Waals surface area contributed by atoms with Crippen molar-refractivity contribution in [3.63, 3.8) is 0 Å². The van der Waals surface area contributed by atoms with Crippen LogP contribution >= 0.6 is 0 Å². The average Bonchev–Trinajstić information content (AvgIpc) is 3.47. The van der Waals surface area contributed by atoms with Crippen molar-refractivity contribution < 1.29 is 18.0 Å². The van der Waals surface area contributed by atoms with Crippen LogP contribution in [0.5, 0.6) is 0 Å². The van der Waals surface area contributed by atoms with Gasteiger partial charge in [-0.3, -0.25) is 10.2 Å². The number of nitrogens with zero attached hydrogens (tertiary/aromatic N) is 5. The molecule has 3 heterocycles. The van der Waals surface area contributed by atoms with Gasteiger partial charge in [0.25, 0.3) is 0 Å². The molecular formula is C23H26F2N8O2. The first-order chi connectivity index (χ1) is 16.8. The first kappa shape index (κ1) is 24.1. The van der Waals surface area contributed by atoms with E-state index in [1.807, 2.05) is 23.9 Å². The van der Waals surface area contributed by atoms with Crippen molar-refractivity contribution in [1.29, 1.82) is 0 Å². The standard InChI is InChI=1S/C23H26F2N8O2/c1-31(8-10-32(2)18-4-3-14(24)13-17(18)25)9-11-33-7-5-16-19(28-23(26)29-21(16)33)15-6-12-35-20(15)22(34)30-27/h3-7,12-13H,8-11,27H2,1-2H3,(H,30,34)(H2,26,28,29). The van der Waals surface area contributed by atoms with Crippen LogP contribution in [-0.2, 0) is 6.54 Å². The number of likely N-dealkylation sites (N-methyl/N-ethyl adjacent to an activating group) is 2. The van der Waals surface area contributed by atoms with E-state index in [2.05, 4.69) is 20.3 Å². The fraction of sp³-hybridized carbons (Fsp3) is 0.261. The molecule has 35 heavy (non-hydrogen) atoms. The van der Waals surface area contributed by atoms with Crippen molar-refractivity contribution in [2.45, 2.75) is 6.54 Å². The minimum absolute atomic E-state index is 0.0288. The van der Waals surface area contributed by atoms with Crippen LogP contribution < -0.4 is 21.9 Å². The molecule has 1 amide bonds. The molecule has 0 fully saturated rings. The van der Waals surface area contributed by atoms with Crippen LogP contribution in [0, 0.1) is 11.6 Å². The van der Waals surface area contributed by atoms with Gasteiger partial charge in [0.15, 0.2) is 0 Å². The van der Waals surface area contributed by atoms with Crippen molar-refractivity contribution in [2.75, 3.05) is 44.4 Å². The quantitative estimate of drug-likeness (QED) is 0.187. The molecule has 5 N–H and O–H groups in total. The maximum atomic E-state index is 14.0. The molecule has 10 nitrogen and oxygen atoms in total. The van der Waals surface area contributed by atoms with Crippen LogP contribution in [0.15, 0.2) is 47.2 Å². The number of nitrogens with one attached hydrogen (secondary N) is 1. The third kappa shape index (κ3) is 5.08. The second-order valence-corrected chi connectivity index (χ2v) is 8.13. The molecule has 12 heteroatoms. The molecule has 1 aromatic carbocycles. The van der Waals surface area contributed by atoms with Crippen LogP contribution in [0.2, 0.25) is 0 Å². The predicted molar refractivity (Wildman–Crippen MR) is 128 cm³/mol. The minimum Gasteiger partial charge on any atom is -0.458 e. The molecule has 184 valence electrons. The Hall–Kier alpha value is -4.03. The van der Waals surface area contributed by atoms with Crippen LogP contribution in [0.3, 0.4) is 0 Å². The molecule has 0 saturated heterocycles. The van der Waals surface area contributed by atoms with Gasteiger partial charge in [0.1, 0.15) is 17.3 Å². The smallest absolute Gasteiger partial charge is 0.301 e. The fourth-order valence-corrected chi connectivity index (χ4v) is 3.83. The number of halogens is 2. The zero-order valence-electron chi connectivity index (χ0n) is 19.3. The van der Waals surface area contributed by atoms with Crippen LogP contribution in [-0.4, -0.2) is 59.1 Å². The van der Waals surface area contributed by atoms with E-state index in [0.29, 0.717) is 54.2 Å². The number of carbonyl (C=O) groups excluding carboxylic acids is 1. The average molecular weight is 485 g/mol. The van der Waals surface area contributed by atoms with Gasteiger partial charge in [-0.15, -0.1) is 0 Å². The van der Waals surface area contributed by atoms with Gasteiger partial charge < -0.3 is 24.5 Å². The lowest BCUT2D eigenvalue weighted by Crippen LogP contribution is -2.33. The van der Waals surface area contributed by atoms with E-state index in [9.17, 15) is 13.6 Å². The highest BCUT2D eigenvalue weighted by Crippen LogP contribution is 2.31. The molecule has 3 aromatic heterocycles. The Morgan fingerprint density at radius 2 is 1.94 bits per heavy atom. The lowest BCUT2D eigenvalue weighted by Gasteiger charge is -2.24. The van der Waals surface area contributed by atoms with Gasteiger partial charge in [-0.05, 0) is 31.3 Å². The molecule has 0 aliphatic rings. The van der Waals surface area contributed by atoms with Crippen molar-refractivity contribution in [3.05, 3.63) is 60.2 Å². The summed E-state index contributed by atoms with van der Waals surface area (Å²) >= 11 is 0. The van der Waals surface area contributed by atoms with Crippen molar-refractivity contribution in [2.24, 2.45) is 5.84 Å². The monoisotopic (exact) mass is 484 g/mol. The van der Waals surface area contributed by atoms with Crippen LogP contribution in [0.25, 0.3) is 22.3 Å². The number of fused-ring (bicyclic) bond motifs is 1. The molecule has 0 unspecified atom stereocenters. The van der Waals surface area contributed by atoms with Gasteiger partial charge in [-0.25, -0.2) is 19.6 Å². The number of hydrazine groups is 1. The van der Waals surface area contributed by atoms with E-state index in [1.54, 1.807) is 18.0 Å². The topological polar surface area (TPSA) is 131 Å². The van der Waals surface area contributed by atoms with Crippen molar-refractivity contribution in [3.8, 4) is 11.3 Å². The third-order valence-electron chi connectivity index (χ3n) is 5.75. The van der Waals surface area contributed by atoms with Crippen molar-refractivity contribution >= 4 is 28.6 Å². The zero-order valence-corrected chi connectivity index (χ0v) is 19.3. The number of carbonyl (C=O) groups is 1. The Labute approximate surface area is 200 Å². The first-order valence-corrected chi connectivity index (χ1v) is 10.8. The van der Waals surface area contributed by atoms with Crippen LogP contribution in [0.4, 0.5) is 20.4 Å². The summed E-state index contributed by atoms with van der Waals surface area (Å²) in [5.74, 6) is 3.57. The zero-order chi connectivity index (χ0) is 25.1. The molecular weight excluding hydrogens is 458 g/mol. The number of hydrogen-bond acceptors (Lipinski definition) is 8. The van der Waals surface area contributed by atoms with E-state index in [1.165, 1.54) is 18.4 Å². The van der Waals surface area contributed by atoms with Gasteiger partial charge in [0.05, 0.1) is 23.2 Å². The highest BCUT2D eigenvalue weighted by molar-refractivity contribution is 6.02. The molecule has 0 saturated carbocycles. The lowest BCUT2D eigenvalue weighted by molar-refractivity contribution is 0.0927. The van der Waals surface area contributed by atoms with Gasteiger partial charge >= 0.3 is 5.91 Å². The number of aromatic nitrogens is 3. The second-order valence-electron chi connectivity index (χ2n) is 8.13. The van der Waals surface area contributed by atoms with Gasteiger partial charge in [-0.2, -0.15) is 4.98 Å². The lowest BCUT2D eigenvalue weighted by atomic mass is 10.1. The summed E-state index contributed by atoms with van der Waals surface area (Å²) in [6.07, 6.45) is 3.25. The van der Waals surface area contributed by atoms with E-state index < -0.39 is 17.5 Å². The molecule has 0 spiro atoms. The number of nitrogens with two attached hydrogens (primary N) is 2. The summed E-state index contributed by atoms with van der Waals surface area (Å²) in [6, 6.07) is 7.03. The Morgan fingerprint density at radius 1 is 1.14 bits per heavy atom. The normalized spacial score (nSPS) is 11.4. The minimum atomic E-state index is -0.602. The molecule has 0 aliphatic carbocycles. The highest BCUT2D eigenvalue weighted by Gasteiger charge is 2.21. The molecule has 0 bridgehead atoms. The van der Waals surface area contributed by atoms with E-state index in [4.69, 9.17) is 16.0 Å². The molecule has 4 aromatic rings. The maximum Gasteiger partial charge on any atom is 0.301 e. The van der Waals surface area contributed by atoms with E-state index in [-0.39, 0.29) is 11.7 Å². The first-order valence-electron chi connectivity index (χ1n) is 10.8. The Balaban J connectivity index is 1.46. The largest absolute Gasteiger partial charge is 0.458 e. The van der Waals surface area contributed by atoms with Crippen LogP contribution in [0.1, 0.15) is 10.6 Å². The number of anilines is 2. The maximum absolute atomic E-state index is 14.0. The van der Waals surface area contributed by atoms with Gasteiger partial charge in [-0.1, -0.05) is 0 Å². The summed E-state index contributed by atoms with van der Waals surface area (Å²) in [7, 11) is 3.72. The number of amides is 1. The number of hydrogen-bond donors (Lipinski definition) is 3. The summed E-state index contributed by atoms with van der Waals surface area (Å²) in [5, 5.41) is 0.709. The fourth-order valence-electron chi connectivity index (χ4n) is 3.83. The predicted octanol–water partition coefficient (Wildman–Crippen LogP) is 2.22. The van der Waals surface area contributed by atoms with E-state index in [0.717, 1.165) is 6.07 Å². The van der Waals surface area contributed by atoms with Crippen molar-refractivity contribution in [1.82, 2.24) is 24.9 Å². The summed E-state index contributed by atoms with van der Waals surface area (Å²) in [5.41, 5.74) is 9.91. The number of benzene rings is 1. The molecule has 0 atom stereocenters. The van der Waals surface area contributed by atoms with Gasteiger partial charge in [0.2, 0.25) is 11.7 Å². The molecule has 0 aliphatic heterocycles. The number of nitrogen functional groups attached to an aromatic ring is 2. The Kier molecular flexibility index (Phi) is 6.94. The Morgan fingerprint density at radius 3 is 2.69 bits per heavy atom. The number of rotatable bonds is 9. The highest BCUT2D eigenvalue weighted by atomic mass is 19.1. The Bertz CT molecular complexity index is 1350.